The van der Waals surface area contributed by atoms with E-state index in [1.165, 1.54) is 0 Å². The van der Waals surface area contributed by atoms with Crippen molar-refractivity contribution >= 4 is 5.69 Å². The molecule has 1 aromatic carbocycles. The molecule has 0 saturated heterocycles. The highest BCUT2D eigenvalue weighted by atomic mass is 16.5. The first kappa shape index (κ1) is 11.7. The summed E-state index contributed by atoms with van der Waals surface area (Å²) in [5, 5.41) is 6.34. The van der Waals surface area contributed by atoms with E-state index in [1.807, 2.05) is 25.2 Å². The Balaban J connectivity index is 2.66. The molecule has 15 heavy (non-hydrogen) atoms. The quantitative estimate of drug-likeness (QED) is 0.695. The number of rotatable bonds is 6. The van der Waals surface area contributed by atoms with Crippen molar-refractivity contribution in [1.82, 2.24) is 5.32 Å². The van der Waals surface area contributed by atoms with Crippen molar-refractivity contribution in [3.8, 4) is 11.5 Å². The minimum atomic E-state index is 0.743. The maximum absolute atomic E-state index is 5.20. The third kappa shape index (κ3) is 3.32. The van der Waals surface area contributed by atoms with Gasteiger partial charge < -0.3 is 20.1 Å². The predicted molar refractivity (Wildman–Crippen MR) is 62.0 cm³/mol. The molecular formula is C11H18N2O2. The number of likely N-dealkylation sites (N-methyl/N-ethyl adjacent to an activating group) is 1. The molecule has 1 aromatic rings. The summed E-state index contributed by atoms with van der Waals surface area (Å²) in [6.45, 7) is 1.81. The molecule has 1 rings (SSSR count). The van der Waals surface area contributed by atoms with Gasteiger partial charge in [0.2, 0.25) is 0 Å². The molecule has 0 radical (unpaired) electrons. The number of hydrogen-bond acceptors (Lipinski definition) is 4. The average Bonchev–Trinajstić information content (AvgIpc) is 2.29. The molecule has 0 unspecified atom stereocenters. The Labute approximate surface area is 90.6 Å². The van der Waals surface area contributed by atoms with Gasteiger partial charge in [-0.15, -0.1) is 0 Å². The summed E-state index contributed by atoms with van der Waals surface area (Å²) in [5.41, 5.74) is 1.03. The van der Waals surface area contributed by atoms with Crippen LogP contribution in [-0.2, 0) is 0 Å². The minimum absolute atomic E-state index is 0.743. The zero-order chi connectivity index (χ0) is 11.1. The van der Waals surface area contributed by atoms with Crippen LogP contribution in [-0.4, -0.2) is 34.4 Å². The summed E-state index contributed by atoms with van der Waals surface area (Å²) in [4.78, 5) is 0. The Morgan fingerprint density at radius 1 is 1.07 bits per heavy atom. The van der Waals surface area contributed by atoms with Crippen molar-refractivity contribution in [2.75, 3.05) is 39.7 Å². The maximum atomic E-state index is 5.20. The first-order chi connectivity index (χ1) is 7.31. The van der Waals surface area contributed by atoms with Gasteiger partial charge in [-0.2, -0.15) is 0 Å². The molecular weight excluding hydrogens is 192 g/mol. The van der Waals surface area contributed by atoms with Crippen molar-refractivity contribution in [3.05, 3.63) is 18.2 Å². The second kappa shape index (κ2) is 6.14. The van der Waals surface area contributed by atoms with Gasteiger partial charge in [-0.05, 0) is 19.2 Å². The van der Waals surface area contributed by atoms with E-state index in [4.69, 9.17) is 9.47 Å². The summed E-state index contributed by atoms with van der Waals surface area (Å²) in [5.74, 6) is 1.49. The van der Waals surface area contributed by atoms with Crippen LogP contribution in [0.3, 0.4) is 0 Å². The average molecular weight is 210 g/mol. The lowest BCUT2D eigenvalue weighted by atomic mass is 10.2. The summed E-state index contributed by atoms with van der Waals surface area (Å²) >= 11 is 0. The van der Waals surface area contributed by atoms with Gasteiger partial charge in [0.15, 0.2) is 11.5 Å². The molecule has 0 aromatic heterocycles. The molecule has 4 heteroatoms. The van der Waals surface area contributed by atoms with E-state index >= 15 is 0 Å². The second-order valence-electron chi connectivity index (χ2n) is 3.10. The highest BCUT2D eigenvalue weighted by Gasteiger charge is 2.03. The molecule has 84 valence electrons. The number of benzene rings is 1. The molecule has 0 aliphatic carbocycles. The molecule has 0 atom stereocenters. The molecule has 0 aliphatic heterocycles. The highest BCUT2D eigenvalue weighted by Crippen LogP contribution is 2.29. The van der Waals surface area contributed by atoms with Gasteiger partial charge in [-0.25, -0.2) is 0 Å². The SMILES string of the molecule is CNCCNc1ccc(OC)c(OC)c1. The number of ether oxygens (including phenoxy) is 2. The van der Waals surface area contributed by atoms with Gasteiger partial charge >= 0.3 is 0 Å². The third-order valence-corrected chi connectivity index (χ3v) is 2.09. The lowest BCUT2D eigenvalue weighted by Crippen LogP contribution is -2.17. The van der Waals surface area contributed by atoms with Crippen molar-refractivity contribution in [2.45, 2.75) is 0 Å². The zero-order valence-electron chi connectivity index (χ0n) is 9.46. The predicted octanol–water partition coefficient (Wildman–Crippen LogP) is 1.34. The van der Waals surface area contributed by atoms with Crippen LogP contribution in [0.25, 0.3) is 0 Å². The Morgan fingerprint density at radius 2 is 1.80 bits per heavy atom. The molecule has 0 fully saturated rings. The number of methoxy groups -OCH3 is 2. The molecule has 4 nitrogen and oxygen atoms in total. The fraction of sp³-hybridized carbons (Fsp3) is 0.455. The van der Waals surface area contributed by atoms with Crippen LogP contribution in [0.2, 0.25) is 0 Å². The first-order valence-electron chi connectivity index (χ1n) is 4.92. The van der Waals surface area contributed by atoms with E-state index in [1.54, 1.807) is 14.2 Å². The van der Waals surface area contributed by atoms with Crippen LogP contribution in [0.4, 0.5) is 5.69 Å². The third-order valence-electron chi connectivity index (χ3n) is 2.09. The van der Waals surface area contributed by atoms with Crippen molar-refractivity contribution in [2.24, 2.45) is 0 Å². The van der Waals surface area contributed by atoms with Crippen LogP contribution >= 0.6 is 0 Å². The number of anilines is 1. The largest absolute Gasteiger partial charge is 0.493 e. The summed E-state index contributed by atoms with van der Waals surface area (Å²) in [6.07, 6.45) is 0. The molecule has 0 heterocycles. The van der Waals surface area contributed by atoms with E-state index in [-0.39, 0.29) is 0 Å². The summed E-state index contributed by atoms with van der Waals surface area (Å²) < 4.78 is 10.4. The maximum Gasteiger partial charge on any atom is 0.162 e. The lowest BCUT2D eigenvalue weighted by molar-refractivity contribution is 0.355. The lowest BCUT2D eigenvalue weighted by Gasteiger charge is -2.10. The van der Waals surface area contributed by atoms with Crippen LogP contribution in [0.15, 0.2) is 18.2 Å². The van der Waals surface area contributed by atoms with Gasteiger partial charge in [-0.3, -0.25) is 0 Å². The van der Waals surface area contributed by atoms with Crippen molar-refractivity contribution in [1.29, 1.82) is 0 Å². The molecule has 2 N–H and O–H groups in total. The Kier molecular flexibility index (Phi) is 4.77. The minimum Gasteiger partial charge on any atom is -0.493 e. The topological polar surface area (TPSA) is 42.5 Å². The standard InChI is InChI=1S/C11H18N2O2/c1-12-6-7-13-9-4-5-10(14-2)11(8-9)15-3/h4-5,8,12-13H,6-7H2,1-3H3. The van der Waals surface area contributed by atoms with Crippen LogP contribution in [0.5, 0.6) is 11.5 Å². The second-order valence-corrected chi connectivity index (χ2v) is 3.10. The van der Waals surface area contributed by atoms with Crippen molar-refractivity contribution < 1.29 is 9.47 Å². The van der Waals surface area contributed by atoms with E-state index in [2.05, 4.69) is 10.6 Å². The van der Waals surface area contributed by atoms with E-state index < -0.39 is 0 Å². The van der Waals surface area contributed by atoms with E-state index in [9.17, 15) is 0 Å². The molecule has 0 spiro atoms. The van der Waals surface area contributed by atoms with E-state index in [0.29, 0.717) is 0 Å². The van der Waals surface area contributed by atoms with Crippen LogP contribution < -0.4 is 20.1 Å². The monoisotopic (exact) mass is 210 g/mol. The van der Waals surface area contributed by atoms with Gasteiger partial charge in [0.05, 0.1) is 14.2 Å². The fourth-order valence-electron chi connectivity index (χ4n) is 1.28. The number of nitrogens with one attached hydrogen (secondary N) is 2. The molecule has 0 amide bonds. The van der Waals surface area contributed by atoms with Crippen LogP contribution in [0, 0.1) is 0 Å². The zero-order valence-corrected chi connectivity index (χ0v) is 9.46. The molecule has 0 aliphatic rings. The van der Waals surface area contributed by atoms with Gasteiger partial charge in [0, 0.05) is 24.8 Å². The van der Waals surface area contributed by atoms with Gasteiger partial charge in [0.25, 0.3) is 0 Å². The van der Waals surface area contributed by atoms with Gasteiger partial charge in [-0.1, -0.05) is 0 Å². The normalized spacial score (nSPS) is 9.80. The Hall–Kier alpha value is -1.42. The van der Waals surface area contributed by atoms with E-state index in [0.717, 1.165) is 30.3 Å². The smallest absolute Gasteiger partial charge is 0.162 e. The molecule has 0 bridgehead atoms. The summed E-state index contributed by atoms with van der Waals surface area (Å²) in [7, 11) is 5.19. The summed E-state index contributed by atoms with van der Waals surface area (Å²) in [6, 6.07) is 5.78. The van der Waals surface area contributed by atoms with Crippen LogP contribution in [0.1, 0.15) is 0 Å². The Bertz CT molecular complexity index is 303. The van der Waals surface area contributed by atoms with Gasteiger partial charge in [0.1, 0.15) is 0 Å². The first-order valence-corrected chi connectivity index (χ1v) is 4.92. The van der Waals surface area contributed by atoms with Crippen molar-refractivity contribution in [3.63, 3.8) is 0 Å². The highest BCUT2D eigenvalue weighted by molar-refractivity contribution is 5.54. The number of hydrogen-bond donors (Lipinski definition) is 2. The molecule has 0 saturated carbocycles. The fourth-order valence-corrected chi connectivity index (χ4v) is 1.28. The Morgan fingerprint density at radius 3 is 2.40 bits per heavy atom.